The van der Waals surface area contributed by atoms with Crippen LogP contribution < -0.4 is 9.71 Å². The lowest BCUT2D eigenvalue weighted by atomic mass is 10.0. The first-order chi connectivity index (χ1) is 14.2. The lowest BCUT2D eigenvalue weighted by Crippen LogP contribution is -2.19. The van der Waals surface area contributed by atoms with Gasteiger partial charge in [-0.25, -0.2) is 26.9 Å². The molecule has 4 nitrogen and oxygen atoms in total. The number of benzene rings is 2. The smallest absolute Gasteiger partial charge is 0.245 e. The second-order valence-corrected chi connectivity index (χ2v) is 9.73. The quantitative estimate of drug-likeness (QED) is 0.424. The van der Waals surface area contributed by atoms with Crippen LogP contribution in [-0.2, 0) is 9.84 Å². The van der Waals surface area contributed by atoms with Crippen molar-refractivity contribution in [3.63, 3.8) is 0 Å². The zero-order valence-electron chi connectivity index (χ0n) is 15.2. The fraction of sp³-hybridized carbons (Fsp3) is 0.0500. The van der Waals surface area contributed by atoms with Crippen LogP contribution >= 0.6 is 35.1 Å². The summed E-state index contributed by atoms with van der Waals surface area (Å²) in [5, 5.41) is 0.292. The van der Waals surface area contributed by atoms with E-state index in [0.29, 0.717) is 10.8 Å². The van der Waals surface area contributed by atoms with Crippen molar-refractivity contribution >= 4 is 50.8 Å². The largest absolute Gasteiger partial charge is 0.284 e. The third kappa shape index (κ3) is 4.78. The minimum absolute atomic E-state index is 0.0374. The number of pyridine rings is 1. The van der Waals surface area contributed by atoms with Crippen LogP contribution in [0.25, 0.3) is 0 Å². The van der Waals surface area contributed by atoms with Gasteiger partial charge in [-0.05, 0) is 42.5 Å². The summed E-state index contributed by atoms with van der Waals surface area (Å²) in [5.41, 5.74) is -0.289. The van der Waals surface area contributed by atoms with E-state index >= 15 is 0 Å². The van der Waals surface area contributed by atoms with E-state index in [4.69, 9.17) is 23.2 Å². The minimum atomic E-state index is -4.24. The van der Waals surface area contributed by atoms with Crippen LogP contribution in [0.15, 0.2) is 71.6 Å². The SMILES string of the molecule is C=CSNc1cc(C(c2cc(F)ccc2F)S(=O)(=O)c2ccc(Cl)cc2)c(Cl)c[nH+]1. The molecule has 0 saturated carbocycles. The van der Waals surface area contributed by atoms with Crippen molar-refractivity contribution < 1.29 is 22.2 Å². The van der Waals surface area contributed by atoms with E-state index in [-0.39, 0.29) is 21.0 Å². The van der Waals surface area contributed by atoms with Crippen LogP contribution in [0.2, 0.25) is 10.0 Å². The summed E-state index contributed by atoms with van der Waals surface area (Å²) in [6.07, 6.45) is 1.37. The molecular formula is C20H15Cl2F2N2O2S2+. The fourth-order valence-electron chi connectivity index (χ4n) is 2.83. The molecule has 1 aromatic heterocycles. The van der Waals surface area contributed by atoms with Crippen LogP contribution in [0.1, 0.15) is 16.4 Å². The summed E-state index contributed by atoms with van der Waals surface area (Å²) < 4.78 is 58.7. The number of rotatable bonds is 7. The first kappa shape index (κ1) is 22.6. The Hall–Kier alpha value is -2.13. The molecule has 3 aromatic rings. The summed E-state index contributed by atoms with van der Waals surface area (Å²) in [6, 6.07) is 9.50. The minimum Gasteiger partial charge on any atom is -0.245 e. The fourth-order valence-corrected chi connectivity index (χ4v) is 5.40. The second-order valence-electron chi connectivity index (χ2n) is 6.08. The van der Waals surface area contributed by atoms with Crippen LogP contribution in [0.5, 0.6) is 0 Å². The van der Waals surface area contributed by atoms with E-state index in [1.165, 1.54) is 41.9 Å². The number of anilines is 1. The summed E-state index contributed by atoms with van der Waals surface area (Å²) in [5.74, 6) is -1.26. The number of aromatic nitrogens is 1. The Kier molecular flexibility index (Phi) is 7.02. The van der Waals surface area contributed by atoms with Gasteiger partial charge in [-0.3, -0.25) is 0 Å². The molecular weight excluding hydrogens is 473 g/mol. The average molecular weight is 488 g/mol. The van der Waals surface area contributed by atoms with Crippen molar-refractivity contribution in [2.24, 2.45) is 0 Å². The van der Waals surface area contributed by atoms with Crippen LogP contribution in [0.4, 0.5) is 14.6 Å². The third-order valence-corrected chi connectivity index (χ3v) is 7.30. The predicted octanol–water partition coefficient (Wildman–Crippen LogP) is 5.85. The summed E-state index contributed by atoms with van der Waals surface area (Å²) in [4.78, 5) is 2.74. The molecule has 0 amide bonds. The zero-order chi connectivity index (χ0) is 21.9. The van der Waals surface area contributed by atoms with Gasteiger partial charge >= 0.3 is 0 Å². The summed E-state index contributed by atoms with van der Waals surface area (Å²) >= 11 is 13.3. The molecule has 3 rings (SSSR count). The molecule has 2 N–H and O–H groups in total. The Morgan fingerprint density at radius 3 is 2.43 bits per heavy atom. The van der Waals surface area contributed by atoms with Crippen LogP contribution in [0.3, 0.4) is 0 Å². The molecule has 0 saturated heterocycles. The first-order valence-electron chi connectivity index (χ1n) is 8.42. The van der Waals surface area contributed by atoms with Crippen molar-refractivity contribution in [3.8, 4) is 0 Å². The molecule has 1 unspecified atom stereocenters. The van der Waals surface area contributed by atoms with Gasteiger partial charge in [0.2, 0.25) is 0 Å². The topological polar surface area (TPSA) is 60.3 Å². The molecule has 0 aliphatic rings. The molecule has 0 aliphatic carbocycles. The number of H-pyrrole nitrogens is 1. The Morgan fingerprint density at radius 1 is 1.07 bits per heavy atom. The van der Waals surface area contributed by atoms with Gasteiger partial charge < -0.3 is 0 Å². The van der Waals surface area contributed by atoms with Gasteiger partial charge in [0.1, 0.15) is 23.1 Å². The Labute approximate surface area is 187 Å². The highest BCUT2D eigenvalue weighted by Gasteiger charge is 2.35. The number of aromatic amines is 1. The molecule has 0 aliphatic heterocycles. The maximum atomic E-state index is 14.7. The average Bonchev–Trinajstić information content (AvgIpc) is 2.71. The van der Waals surface area contributed by atoms with Crippen LogP contribution in [-0.4, -0.2) is 8.42 Å². The van der Waals surface area contributed by atoms with Crippen molar-refractivity contribution in [1.29, 1.82) is 0 Å². The van der Waals surface area contributed by atoms with Crippen molar-refractivity contribution in [1.82, 2.24) is 0 Å². The predicted molar refractivity (Wildman–Crippen MR) is 116 cm³/mol. The number of halogens is 4. The van der Waals surface area contributed by atoms with Gasteiger partial charge in [0.25, 0.3) is 5.82 Å². The van der Waals surface area contributed by atoms with E-state index in [0.717, 1.165) is 30.1 Å². The lowest BCUT2D eigenvalue weighted by molar-refractivity contribution is -0.360. The Balaban J connectivity index is 2.27. The van der Waals surface area contributed by atoms with E-state index in [9.17, 15) is 17.2 Å². The number of nitrogens with one attached hydrogen (secondary N) is 2. The highest BCUT2D eigenvalue weighted by molar-refractivity contribution is 8.03. The van der Waals surface area contributed by atoms with Gasteiger partial charge in [0.05, 0.1) is 21.9 Å². The molecule has 156 valence electrons. The van der Waals surface area contributed by atoms with Gasteiger partial charge in [-0.15, -0.1) is 0 Å². The second kappa shape index (κ2) is 9.34. The normalized spacial score (nSPS) is 12.4. The van der Waals surface area contributed by atoms with Crippen LogP contribution in [0, 0.1) is 11.6 Å². The van der Waals surface area contributed by atoms with E-state index in [1.807, 2.05) is 0 Å². The highest BCUT2D eigenvalue weighted by atomic mass is 35.5. The van der Waals surface area contributed by atoms with E-state index in [1.54, 1.807) is 0 Å². The van der Waals surface area contributed by atoms with Crippen molar-refractivity contribution in [3.05, 3.63) is 99.5 Å². The Morgan fingerprint density at radius 2 is 1.77 bits per heavy atom. The summed E-state index contributed by atoms with van der Waals surface area (Å²) in [6.45, 7) is 3.57. The molecule has 2 aromatic carbocycles. The maximum absolute atomic E-state index is 14.7. The molecule has 30 heavy (non-hydrogen) atoms. The van der Waals surface area contributed by atoms with Gasteiger partial charge in [-0.1, -0.05) is 29.8 Å². The van der Waals surface area contributed by atoms with Gasteiger partial charge in [-0.2, -0.15) is 0 Å². The third-order valence-electron chi connectivity index (χ3n) is 4.16. The molecule has 0 fully saturated rings. The molecule has 1 heterocycles. The number of sulfone groups is 1. The molecule has 10 heteroatoms. The molecule has 0 spiro atoms. The first-order valence-corrected chi connectivity index (χ1v) is 11.6. The highest BCUT2D eigenvalue weighted by Crippen LogP contribution is 2.40. The monoisotopic (exact) mass is 487 g/mol. The van der Waals surface area contributed by atoms with Gasteiger partial charge in [0.15, 0.2) is 9.84 Å². The zero-order valence-corrected chi connectivity index (χ0v) is 18.3. The van der Waals surface area contributed by atoms with E-state index < -0.39 is 26.7 Å². The lowest BCUT2D eigenvalue weighted by Gasteiger charge is -2.20. The molecule has 0 bridgehead atoms. The number of hydrogen-bond donors (Lipinski definition) is 1. The summed E-state index contributed by atoms with van der Waals surface area (Å²) in [7, 11) is -4.24. The standard InChI is InChI=1S/C20H14Cl2F2N2O2S2/c1-2-29-26-19-10-15(17(22)11-25-19)20(16-9-13(23)5-8-18(16)24)30(27,28)14-6-3-12(21)4-7-14/h2-11,20H,1H2,(H,25,26)/p+1. The Bertz CT molecular complexity index is 1190. The van der Waals surface area contributed by atoms with Crippen molar-refractivity contribution in [2.45, 2.75) is 10.1 Å². The van der Waals surface area contributed by atoms with E-state index in [2.05, 4.69) is 16.3 Å². The number of hydrogen-bond acceptors (Lipinski definition) is 4. The molecule has 1 atom stereocenters. The maximum Gasteiger partial charge on any atom is 0.284 e. The van der Waals surface area contributed by atoms with Crippen molar-refractivity contribution in [2.75, 3.05) is 4.72 Å². The molecule has 0 radical (unpaired) electrons. The van der Waals surface area contributed by atoms with Gasteiger partial charge in [0, 0.05) is 27.6 Å².